The molecule has 0 saturated carbocycles. The van der Waals surface area contributed by atoms with Crippen molar-refractivity contribution in [2.45, 2.75) is 13.1 Å². The molecule has 3 nitrogen and oxygen atoms in total. The topological polar surface area (TPSA) is 54.4 Å². The molecule has 0 aromatic heterocycles. The van der Waals surface area contributed by atoms with Crippen LogP contribution in [0.3, 0.4) is 0 Å². The van der Waals surface area contributed by atoms with Crippen molar-refractivity contribution in [3.63, 3.8) is 0 Å². The zero-order valence-electron chi connectivity index (χ0n) is 8.78. The van der Waals surface area contributed by atoms with Gasteiger partial charge in [-0.1, -0.05) is 24.3 Å². The van der Waals surface area contributed by atoms with Crippen molar-refractivity contribution in [1.29, 1.82) is 0 Å². The molecule has 0 bridgehead atoms. The van der Waals surface area contributed by atoms with Gasteiger partial charge in [0, 0.05) is 5.57 Å². The Balaban J connectivity index is 3.16. The Hall–Kier alpha value is -1.85. The van der Waals surface area contributed by atoms with E-state index in [9.17, 15) is 27.9 Å². The van der Waals surface area contributed by atoms with Crippen molar-refractivity contribution >= 4 is 11.6 Å². The molecule has 1 unspecified atom stereocenters. The van der Waals surface area contributed by atoms with E-state index in [-0.39, 0.29) is 5.57 Å². The van der Waals surface area contributed by atoms with Crippen LogP contribution in [0.25, 0.3) is 0 Å². The van der Waals surface area contributed by atoms with Gasteiger partial charge in [0.25, 0.3) is 5.78 Å². The molecule has 1 rings (SSSR count). The highest BCUT2D eigenvalue weighted by molar-refractivity contribution is 6.06. The van der Waals surface area contributed by atoms with E-state index in [1.165, 1.54) is 24.3 Å². The summed E-state index contributed by atoms with van der Waals surface area (Å²) in [6.07, 6.45) is 0.419. The summed E-state index contributed by atoms with van der Waals surface area (Å²) in [7, 11) is 0. The number of halogens is 3. The molecule has 0 aromatic rings. The average Bonchev–Trinajstić information content (AvgIpc) is 2.68. The molecule has 0 fully saturated rings. The first-order valence-electron chi connectivity index (χ1n) is 4.64. The van der Waals surface area contributed by atoms with Gasteiger partial charge in [0.15, 0.2) is 0 Å². The van der Waals surface area contributed by atoms with Crippen molar-refractivity contribution in [2.24, 2.45) is 5.92 Å². The Morgan fingerprint density at radius 2 is 1.71 bits per heavy atom. The van der Waals surface area contributed by atoms with Crippen LogP contribution in [0.4, 0.5) is 13.2 Å². The molecule has 0 aliphatic heterocycles. The molecular weight excluding hydrogens is 237 g/mol. The van der Waals surface area contributed by atoms with Crippen LogP contribution in [0.5, 0.6) is 0 Å². The minimum absolute atomic E-state index is 0.0304. The molecule has 92 valence electrons. The molecular formula is C11H9F3O3. The smallest absolute Gasteiger partial charge is 0.451 e. The fraction of sp³-hybridized carbons (Fsp3) is 0.273. The van der Waals surface area contributed by atoms with Crippen molar-refractivity contribution in [3.05, 3.63) is 35.6 Å². The van der Waals surface area contributed by atoms with Crippen LogP contribution in [0.1, 0.15) is 6.92 Å². The van der Waals surface area contributed by atoms with E-state index in [2.05, 4.69) is 0 Å². The number of alkyl halides is 3. The summed E-state index contributed by atoms with van der Waals surface area (Å²) in [6.45, 7) is 0.827. The lowest BCUT2D eigenvalue weighted by Crippen LogP contribution is -2.36. The van der Waals surface area contributed by atoms with Crippen LogP contribution in [0.15, 0.2) is 35.6 Å². The lowest BCUT2D eigenvalue weighted by molar-refractivity contribution is -0.176. The third-order valence-corrected chi connectivity index (χ3v) is 2.18. The third-order valence-electron chi connectivity index (χ3n) is 2.18. The largest absolute Gasteiger partial charge is 0.510 e. The van der Waals surface area contributed by atoms with Gasteiger partial charge < -0.3 is 5.11 Å². The fourth-order valence-corrected chi connectivity index (χ4v) is 1.38. The minimum Gasteiger partial charge on any atom is -0.510 e. The van der Waals surface area contributed by atoms with Gasteiger partial charge in [0.2, 0.25) is 0 Å². The van der Waals surface area contributed by atoms with Crippen molar-refractivity contribution in [2.75, 3.05) is 0 Å². The highest BCUT2D eigenvalue weighted by atomic mass is 19.4. The predicted octanol–water partition coefficient (Wildman–Crippen LogP) is 2.26. The highest BCUT2D eigenvalue weighted by Gasteiger charge is 2.47. The van der Waals surface area contributed by atoms with E-state index in [4.69, 9.17) is 0 Å². The van der Waals surface area contributed by atoms with Crippen LogP contribution in [-0.4, -0.2) is 22.8 Å². The first-order valence-corrected chi connectivity index (χ1v) is 4.64. The molecule has 17 heavy (non-hydrogen) atoms. The second-order valence-electron chi connectivity index (χ2n) is 3.46. The number of hydrogen-bond acceptors (Lipinski definition) is 3. The Bertz CT molecular complexity index is 427. The fourth-order valence-electron chi connectivity index (χ4n) is 1.38. The molecule has 0 spiro atoms. The minimum atomic E-state index is -5.16. The summed E-state index contributed by atoms with van der Waals surface area (Å²) in [5.74, 6) is -6.36. The second-order valence-corrected chi connectivity index (χ2v) is 3.46. The lowest BCUT2D eigenvalue weighted by atomic mass is 9.94. The second kappa shape index (κ2) is 4.57. The maximum Gasteiger partial charge on any atom is 0.451 e. The number of Topliss-reactive ketones (excluding diaryl/α,β-unsaturated/α-hetero) is 2. The molecule has 1 aliphatic rings. The number of aliphatic hydroxyl groups excluding tert-OH is 1. The van der Waals surface area contributed by atoms with E-state index in [0.717, 1.165) is 6.92 Å². The van der Waals surface area contributed by atoms with E-state index >= 15 is 0 Å². The first kappa shape index (κ1) is 13.2. The highest BCUT2D eigenvalue weighted by Crippen LogP contribution is 2.27. The molecule has 0 amide bonds. The normalized spacial score (nSPS) is 16.1. The SMILES string of the molecule is CC(=O)C(C(=O)C(F)(F)F)C(O)=C1C=CC=C1. The lowest BCUT2D eigenvalue weighted by Gasteiger charge is -2.15. The number of hydrogen-bond donors (Lipinski definition) is 1. The molecule has 0 saturated heterocycles. The summed E-state index contributed by atoms with van der Waals surface area (Å²) in [6, 6.07) is 0. The third kappa shape index (κ3) is 2.83. The number of rotatable bonds is 3. The van der Waals surface area contributed by atoms with Crippen LogP contribution in [-0.2, 0) is 9.59 Å². The van der Waals surface area contributed by atoms with Crippen molar-refractivity contribution in [1.82, 2.24) is 0 Å². The van der Waals surface area contributed by atoms with Crippen LogP contribution in [0, 0.1) is 5.92 Å². The number of carbonyl (C=O) groups is 2. The Morgan fingerprint density at radius 3 is 2.06 bits per heavy atom. The van der Waals surface area contributed by atoms with Gasteiger partial charge in [-0.25, -0.2) is 0 Å². The molecule has 6 heteroatoms. The van der Waals surface area contributed by atoms with Gasteiger partial charge in [0.05, 0.1) is 0 Å². The summed E-state index contributed by atoms with van der Waals surface area (Å²) >= 11 is 0. The molecule has 1 N–H and O–H groups in total. The van der Waals surface area contributed by atoms with Gasteiger partial charge in [-0.05, 0) is 6.92 Å². The van der Waals surface area contributed by atoms with Crippen molar-refractivity contribution < 1.29 is 27.9 Å². The van der Waals surface area contributed by atoms with Gasteiger partial charge >= 0.3 is 6.18 Å². The van der Waals surface area contributed by atoms with Gasteiger partial charge in [-0.15, -0.1) is 0 Å². The van der Waals surface area contributed by atoms with E-state index in [0.29, 0.717) is 0 Å². The summed E-state index contributed by atoms with van der Waals surface area (Å²) < 4.78 is 36.7. The maximum atomic E-state index is 12.2. The van der Waals surface area contributed by atoms with E-state index < -0.39 is 29.4 Å². The zero-order valence-corrected chi connectivity index (χ0v) is 8.78. The van der Waals surface area contributed by atoms with Crippen LogP contribution >= 0.6 is 0 Å². The quantitative estimate of drug-likeness (QED) is 0.613. The average molecular weight is 246 g/mol. The number of aliphatic hydroxyl groups is 1. The maximum absolute atomic E-state index is 12.2. The molecule has 0 heterocycles. The number of ketones is 2. The van der Waals surface area contributed by atoms with Crippen LogP contribution < -0.4 is 0 Å². The standard InChI is InChI=1S/C11H9F3O3/c1-6(15)8(10(17)11(12,13)14)9(16)7-4-2-3-5-7/h2-5,8,16H,1H3. The molecule has 1 atom stereocenters. The summed E-state index contributed by atoms with van der Waals surface area (Å²) in [4.78, 5) is 22.1. The van der Waals surface area contributed by atoms with E-state index in [1.54, 1.807) is 0 Å². The molecule has 0 radical (unpaired) electrons. The first-order chi connectivity index (χ1) is 7.75. The van der Waals surface area contributed by atoms with Gasteiger partial charge in [-0.3, -0.25) is 9.59 Å². The Labute approximate surface area is 94.9 Å². The molecule has 0 aromatic carbocycles. The van der Waals surface area contributed by atoms with E-state index in [1.807, 2.05) is 0 Å². The zero-order chi connectivity index (χ0) is 13.2. The van der Waals surface area contributed by atoms with Gasteiger partial charge in [-0.2, -0.15) is 13.2 Å². The number of carbonyl (C=O) groups excluding carboxylic acids is 2. The molecule has 1 aliphatic carbocycles. The monoisotopic (exact) mass is 246 g/mol. The summed E-state index contributed by atoms with van der Waals surface area (Å²) in [5.41, 5.74) is 0.0304. The van der Waals surface area contributed by atoms with Crippen LogP contribution in [0.2, 0.25) is 0 Å². The Kier molecular flexibility index (Phi) is 3.55. The predicted molar refractivity (Wildman–Crippen MR) is 53.2 cm³/mol. The summed E-state index contributed by atoms with van der Waals surface area (Å²) in [5, 5.41) is 9.55. The number of allylic oxidation sites excluding steroid dienone is 6. The van der Waals surface area contributed by atoms with Gasteiger partial charge in [0.1, 0.15) is 17.5 Å². The van der Waals surface area contributed by atoms with Crippen molar-refractivity contribution in [3.8, 4) is 0 Å². The Morgan fingerprint density at radius 1 is 1.24 bits per heavy atom.